The minimum absolute atomic E-state index is 0.750. The van der Waals surface area contributed by atoms with E-state index in [4.69, 9.17) is 4.79 Å². The summed E-state index contributed by atoms with van der Waals surface area (Å²) in [6.07, 6.45) is 2.92. The maximum Gasteiger partial charge on any atom is 0.116 e. The van der Waals surface area contributed by atoms with Gasteiger partial charge in [0.1, 0.15) is 6.29 Å². The van der Waals surface area contributed by atoms with E-state index in [1.165, 1.54) is 34.6 Å². The maximum absolute atomic E-state index is 8.81. The van der Waals surface area contributed by atoms with Crippen LogP contribution in [-0.2, 0) is 4.79 Å². The minimum atomic E-state index is 0.750. The molecule has 0 bridgehead atoms. The second kappa shape index (κ2) is 9.71. The predicted octanol–water partition coefficient (Wildman–Crippen LogP) is 7.47. The Balaban J connectivity index is 0.000000806. The van der Waals surface area contributed by atoms with E-state index in [2.05, 4.69) is 110 Å². The predicted molar refractivity (Wildman–Crippen MR) is 129 cm³/mol. The van der Waals surface area contributed by atoms with E-state index in [1.807, 2.05) is 0 Å². The zero-order chi connectivity index (χ0) is 21.5. The molecule has 0 saturated carbocycles. The number of aryl methyl sites for hydroxylation is 1. The first kappa shape index (κ1) is 21.1. The highest BCUT2D eigenvalue weighted by atomic mass is 16.1. The third-order valence-electron chi connectivity index (χ3n) is 5.06. The Kier molecular flexibility index (Phi) is 6.82. The van der Waals surface area contributed by atoms with Gasteiger partial charge in [0.15, 0.2) is 0 Å². The number of fused-ring (bicyclic) bond motifs is 1. The first-order valence-electron chi connectivity index (χ1n) is 10.0. The van der Waals surface area contributed by atoms with Gasteiger partial charge < -0.3 is 9.78 Å². The van der Waals surface area contributed by atoms with E-state index in [-0.39, 0.29) is 0 Å². The zero-order valence-electron chi connectivity index (χ0n) is 17.8. The van der Waals surface area contributed by atoms with Crippen LogP contribution in [0.15, 0.2) is 91.5 Å². The number of hydrogen-bond donors (Lipinski definition) is 1. The quantitative estimate of drug-likeness (QED) is 0.283. The van der Waals surface area contributed by atoms with Crippen molar-refractivity contribution in [1.29, 1.82) is 0 Å². The highest BCUT2D eigenvalue weighted by molar-refractivity contribution is 5.87. The third-order valence-corrected chi connectivity index (χ3v) is 5.06. The molecular weight excluding hydrogens is 366 g/mol. The summed E-state index contributed by atoms with van der Waals surface area (Å²) in [5, 5.41) is 1.23. The molecule has 2 nitrogen and oxygen atoms in total. The van der Waals surface area contributed by atoms with Crippen LogP contribution in [0.3, 0.4) is 0 Å². The molecule has 1 aromatic heterocycles. The molecule has 0 aliphatic rings. The summed E-state index contributed by atoms with van der Waals surface area (Å²) < 4.78 is 0. The number of benzene rings is 3. The molecule has 3 aromatic carbocycles. The number of H-pyrrole nitrogens is 1. The molecule has 1 N–H and O–H groups in total. The fraction of sp³-hybridized carbons (Fsp3) is 0.107. The van der Waals surface area contributed by atoms with Crippen molar-refractivity contribution < 1.29 is 4.79 Å². The third kappa shape index (κ3) is 4.84. The Hall–Kier alpha value is -3.65. The molecule has 0 aliphatic heterocycles. The van der Waals surface area contributed by atoms with Crippen LogP contribution in [0.2, 0.25) is 0 Å². The smallest absolute Gasteiger partial charge is 0.116 e. The number of allylic oxidation sites excluding steroid dienone is 3. The molecule has 0 atom stereocenters. The Morgan fingerprint density at radius 3 is 2.23 bits per heavy atom. The summed E-state index contributed by atoms with van der Waals surface area (Å²) in [7, 11) is 0. The van der Waals surface area contributed by atoms with Gasteiger partial charge in [-0.25, -0.2) is 0 Å². The Bertz CT molecular complexity index is 1160. The van der Waals surface area contributed by atoms with Gasteiger partial charge >= 0.3 is 0 Å². The summed E-state index contributed by atoms with van der Waals surface area (Å²) in [4.78, 5) is 12.3. The fourth-order valence-electron chi connectivity index (χ4n) is 3.53. The van der Waals surface area contributed by atoms with E-state index in [0.29, 0.717) is 0 Å². The van der Waals surface area contributed by atoms with Crippen LogP contribution in [0, 0.1) is 6.92 Å². The SMILES string of the molecule is C=C(/C=C(/C)c1ccccc1C)c1ccc(-c2cc3ccccc3[nH]2)cc1.CC=O. The Labute approximate surface area is 178 Å². The maximum atomic E-state index is 8.81. The normalized spacial score (nSPS) is 11.0. The molecule has 0 spiro atoms. The van der Waals surface area contributed by atoms with Gasteiger partial charge in [0.05, 0.1) is 0 Å². The van der Waals surface area contributed by atoms with Gasteiger partial charge in [-0.15, -0.1) is 0 Å². The molecule has 0 aliphatic carbocycles. The lowest BCUT2D eigenvalue weighted by Gasteiger charge is -2.08. The van der Waals surface area contributed by atoms with Gasteiger partial charge in [0.2, 0.25) is 0 Å². The topological polar surface area (TPSA) is 32.9 Å². The summed E-state index contributed by atoms with van der Waals surface area (Å²) >= 11 is 0. The first-order chi connectivity index (χ1) is 14.5. The van der Waals surface area contributed by atoms with Gasteiger partial charge in [0, 0.05) is 16.6 Å². The zero-order valence-corrected chi connectivity index (χ0v) is 17.8. The first-order valence-corrected chi connectivity index (χ1v) is 10.0. The van der Waals surface area contributed by atoms with E-state index in [9.17, 15) is 0 Å². The van der Waals surface area contributed by atoms with Gasteiger partial charge in [-0.2, -0.15) is 0 Å². The number of aromatic nitrogens is 1. The lowest BCUT2D eigenvalue weighted by atomic mass is 9.97. The number of nitrogens with one attached hydrogen (secondary N) is 1. The molecule has 4 aromatic rings. The Morgan fingerprint density at radius 2 is 1.57 bits per heavy atom. The summed E-state index contributed by atoms with van der Waals surface area (Å²) in [5.41, 5.74) is 9.45. The van der Waals surface area contributed by atoms with Crippen LogP contribution >= 0.6 is 0 Å². The Morgan fingerprint density at radius 1 is 0.933 bits per heavy atom. The number of para-hydroxylation sites is 1. The molecule has 150 valence electrons. The van der Waals surface area contributed by atoms with E-state index >= 15 is 0 Å². The van der Waals surface area contributed by atoms with Crippen LogP contribution in [-0.4, -0.2) is 11.3 Å². The molecule has 0 saturated heterocycles. The van der Waals surface area contributed by atoms with Crippen molar-refractivity contribution in [3.8, 4) is 11.3 Å². The number of carbonyl (C=O) groups is 1. The number of aromatic amines is 1. The second-order valence-electron chi connectivity index (χ2n) is 7.25. The molecule has 0 amide bonds. The van der Waals surface area contributed by atoms with Crippen molar-refractivity contribution in [2.24, 2.45) is 0 Å². The highest BCUT2D eigenvalue weighted by Gasteiger charge is 2.05. The van der Waals surface area contributed by atoms with Crippen molar-refractivity contribution in [2.45, 2.75) is 20.8 Å². The van der Waals surface area contributed by atoms with E-state index < -0.39 is 0 Å². The summed E-state index contributed by atoms with van der Waals surface area (Å²) in [6.45, 7) is 10.0. The average molecular weight is 394 g/mol. The number of aldehydes is 1. The number of rotatable bonds is 4. The monoisotopic (exact) mass is 393 g/mol. The van der Waals surface area contributed by atoms with Crippen LogP contribution in [0.25, 0.3) is 33.3 Å². The van der Waals surface area contributed by atoms with Crippen molar-refractivity contribution in [3.05, 3.63) is 108 Å². The molecule has 1 heterocycles. The van der Waals surface area contributed by atoms with Crippen molar-refractivity contribution in [3.63, 3.8) is 0 Å². The summed E-state index contributed by atoms with van der Waals surface area (Å²) in [5.74, 6) is 0. The van der Waals surface area contributed by atoms with E-state index in [0.717, 1.165) is 28.6 Å². The molecule has 4 rings (SSSR count). The molecular formula is C28H27NO. The van der Waals surface area contributed by atoms with Gasteiger partial charge in [-0.1, -0.05) is 79.4 Å². The van der Waals surface area contributed by atoms with Gasteiger partial charge in [-0.3, -0.25) is 0 Å². The van der Waals surface area contributed by atoms with Crippen LogP contribution in [0.1, 0.15) is 30.5 Å². The second-order valence-corrected chi connectivity index (χ2v) is 7.25. The number of carbonyl (C=O) groups excluding carboxylic acids is 1. The highest BCUT2D eigenvalue weighted by Crippen LogP contribution is 2.27. The molecule has 0 radical (unpaired) electrons. The molecule has 30 heavy (non-hydrogen) atoms. The van der Waals surface area contributed by atoms with Crippen LogP contribution < -0.4 is 0 Å². The van der Waals surface area contributed by atoms with Crippen molar-refractivity contribution in [1.82, 2.24) is 4.98 Å². The van der Waals surface area contributed by atoms with Crippen molar-refractivity contribution in [2.75, 3.05) is 0 Å². The average Bonchev–Trinajstić information content (AvgIpc) is 3.19. The lowest BCUT2D eigenvalue weighted by Crippen LogP contribution is -1.87. The minimum Gasteiger partial charge on any atom is -0.355 e. The molecule has 0 unspecified atom stereocenters. The van der Waals surface area contributed by atoms with Gasteiger partial charge in [0.25, 0.3) is 0 Å². The number of hydrogen-bond acceptors (Lipinski definition) is 1. The summed E-state index contributed by atoms with van der Waals surface area (Å²) in [6, 6.07) is 27.6. The standard InChI is InChI=1S/C26H23N.C2H4O/c1-18-8-4-6-10-24(18)20(3)16-19(2)21-12-14-22(15-13-21)26-17-23-9-5-7-11-25(23)27-26;1-2-3/h4-17,27H,2H2,1,3H3;2H,1H3/b20-16-;. The van der Waals surface area contributed by atoms with Gasteiger partial charge in [-0.05, 0) is 66.3 Å². The molecule has 2 heteroatoms. The lowest BCUT2D eigenvalue weighted by molar-refractivity contribution is -0.106. The van der Waals surface area contributed by atoms with Crippen LogP contribution in [0.4, 0.5) is 0 Å². The fourth-order valence-corrected chi connectivity index (χ4v) is 3.53. The van der Waals surface area contributed by atoms with Crippen molar-refractivity contribution >= 4 is 28.3 Å². The molecule has 0 fully saturated rings. The van der Waals surface area contributed by atoms with E-state index in [1.54, 1.807) is 0 Å². The van der Waals surface area contributed by atoms with Crippen LogP contribution in [0.5, 0.6) is 0 Å². The largest absolute Gasteiger partial charge is 0.355 e.